The van der Waals surface area contributed by atoms with Gasteiger partial charge in [0.15, 0.2) is 5.82 Å². The van der Waals surface area contributed by atoms with Crippen LogP contribution < -0.4 is 9.46 Å². The Labute approximate surface area is 292 Å². The molecule has 3 heterocycles. The lowest BCUT2D eigenvalue weighted by Gasteiger charge is -2.23. The average molecular weight is 699 g/mol. The van der Waals surface area contributed by atoms with Gasteiger partial charge in [0.1, 0.15) is 5.76 Å². The maximum atomic E-state index is 13.9. The van der Waals surface area contributed by atoms with Crippen molar-refractivity contribution in [1.82, 2.24) is 24.5 Å². The number of aryl methyl sites for hydroxylation is 1. The maximum Gasteiger partial charge on any atom is 0.297 e. The molecule has 1 aliphatic rings. The molecule has 2 amide bonds. The van der Waals surface area contributed by atoms with Crippen molar-refractivity contribution in [2.45, 2.75) is 59.0 Å². The first kappa shape index (κ1) is 34.7. The van der Waals surface area contributed by atoms with Gasteiger partial charge in [0.2, 0.25) is 5.91 Å². The predicted octanol–water partition coefficient (Wildman–Crippen LogP) is 6.02. The number of carbonyl (C=O) groups is 2. The number of anilines is 1. The van der Waals surface area contributed by atoms with Gasteiger partial charge in [0.25, 0.3) is 21.9 Å². The van der Waals surface area contributed by atoms with Gasteiger partial charge in [-0.3, -0.25) is 18.9 Å². The molecule has 0 saturated carbocycles. The number of aromatic nitrogens is 3. The van der Waals surface area contributed by atoms with Crippen molar-refractivity contribution in [3.63, 3.8) is 0 Å². The normalized spacial score (nSPS) is 14.4. The maximum absolute atomic E-state index is 13.9. The van der Waals surface area contributed by atoms with E-state index in [9.17, 15) is 18.0 Å². The highest BCUT2D eigenvalue weighted by Gasteiger charge is 2.38. The highest BCUT2D eigenvalue weighted by atomic mass is 32.2. The lowest BCUT2D eigenvalue weighted by atomic mass is 9.92. The number of hydrogen-bond donors (Lipinski definition) is 1. The Bertz CT molecular complexity index is 2220. The second-order valence-corrected chi connectivity index (χ2v) is 15.1. The first-order valence-corrected chi connectivity index (χ1v) is 18.0. The van der Waals surface area contributed by atoms with Gasteiger partial charge in [0, 0.05) is 43.7 Å². The summed E-state index contributed by atoms with van der Waals surface area (Å²) in [6, 6.07) is 18.4. The van der Waals surface area contributed by atoms with Crippen LogP contribution in [-0.2, 0) is 27.9 Å². The molecule has 1 N–H and O–H groups in total. The Kier molecular flexibility index (Phi) is 9.21. The fourth-order valence-corrected chi connectivity index (χ4v) is 7.59. The zero-order chi connectivity index (χ0) is 36.0. The van der Waals surface area contributed by atoms with E-state index in [4.69, 9.17) is 14.2 Å². The number of fused-ring (bicyclic) bond motifs is 1. The Morgan fingerprint density at radius 1 is 1.04 bits per heavy atom. The largest absolute Gasteiger partial charge is 0.465 e. The third-order valence-corrected chi connectivity index (χ3v) is 10.6. The van der Waals surface area contributed by atoms with Crippen LogP contribution in [0, 0.1) is 19.3 Å². The molecule has 1 aliphatic heterocycles. The molecule has 0 aliphatic carbocycles. The molecular weight excluding hydrogens is 657 g/mol. The van der Waals surface area contributed by atoms with Crippen LogP contribution in [0.4, 0.5) is 5.82 Å². The third-order valence-electron chi connectivity index (χ3n) is 9.24. The van der Waals surface area contributed by atoms with E-state index in [1.165, 1.54) is 4.90 Å². The molecule has 0 radical (unpaired) electrons. The molecule has 0 atom stereocenters. The van der Waals surface area contributed by atoms with Crippen molar-refractivity contribution in [2.24, 2.45) is 5.41 Å². The summed E-state index contributed by atoms with van der Waals surface area (Å²) < 4.78 is 43.4. The van der Waals surface area contributed by atoms with E-state index < -0.39 is 15.4 Å². The molecule has 50 heavy (non-hydrogen) atoms. The summed E-state index contributed by atoms with van der Waals surface area (Å²) in [5.74, 6) is 0.527. The van der Waals surface area contributed by atoms with E-state index in [1.54, 1.807) is 64.3 Å². The van der Waals surface area contributed by atoms with Crippen molar-refractivity contribution in [3.8, 4) is 17.1 Å². The number of hydrogen-bond acceptors (Lipinski definition) is 8. The topological polar surface area (TPSA) is 140 Å². The van der Waals surface area contributed by atoms with Crippen molar-refractivity contribution < 1.29 is 27.3 Å². The van der Waals surface area contributed by atoms with Crippen LogP contribution >= 0.6 is 0 Å². The SMILES string of the molecule is CCOc1nc2cccc(C(=O)N(C)C)c2n1Cc1ccc(-c2ccccc2S(=O)(=O)Nc2noc(C)c2C)c(CN2CCC(C)(C)C2=O)c1. The number of sulfonamides is 1. The van der Waals surface area contributed by atoms with Crippen LogP contribution in [0.15, 0.2) is 70.1 Å². The van der Waals surface area contributed by atoms with E-state index in [0.29, 0.717) is 71.2 Å². The zero-order valence-corrected chi connectivity index (χ0v) is 30.2. The van der Waals surface area contributed by atoms with E-state index in [-0.39, 0.29) is 29.1 Å². The molecule has 3 aromatic carbocycles. The Morgan fingerprint density at radius 2 is 1.80 bits per heavy atom. The second kappa shape index (κ2) is 13.3. The highest BCUT2D eigenvalue weighted by molar-refractivity contribution is 7.92. The summed E-state index contributed by atoms with van der Waals surface area (Å²) in [6.07, 6.45) is 0.716. The van der Waals surface area contributed by atoms with Gasteiger partial charge >= 0.3 is 0 Å². The molecule has 1 fully saturated rings. The molecule has 0 spiro atoms. The molecule has 6 rings (SSSR count). The second-order valence-electron chi connectivity index (χ2n) is 13.5. The lowest BCUT2D eigenvalue weighted by Crippen LogP contribution is -2.30. The molecule has 13 heteroatoms. The van der Waals surface area contributed by atoms with E-state index >= 15 is 0 Å². The fraction of sp³-hybridized carbons (Fsp3) is 0.351. The number of ether oxygens (including phenoxy) is 1. The zero-order valence-electron chi connectivity index (χ0n) is 29.4. The van der Waals surface area contributed by atoms with Crippen LogP contribution in [0.25, 0.3) is 22.2 Å². The standard InChI is InChI=1S/C37H42N6O6S/c1-8-48-36-38-30-14-11-13-29(34(44)41(6)7)32(30)43(36)21-25-16-17-27(26(20-25)22-42-19-18-37(4,5)35(42)45)28-12-9-10-15-31(28)50(46,47)40-33-23(2)24(3)49-39-33/h9-17,20H,8,18-19,21-22H2,1-7H3,(H,39,40). The smallest absolute Gasteiger partial charge is 0.297 e. The van der Waals surface area contributed by atoms with Gasteiger partial charge in [-0.25, -0.2) is 8.42 Å². The number of rotatable bonds is 11. The molecular formula is C37H42N6O6S. The third kappa shape index (κ3) is 6.45. The van der Waals surface area contributed by atoms with Gasteiger partial charge in [-0.2, -0.15) is 4.98 Å². The summed E-state index contributed by atoms with van der Waals surface area (Å²) in [5.41, 5.74) is 4.66. The first-order valence-electron chi connectivity index (χ1n) is 16.5. The molecule has 1 saturated heterocycles. The summed E-state index contributed by atoms with van der Waals surface area (Å²) in [7, 11) is -0.686. The lowest BCUT2D eigenvalue weighted by molar-refractivity contribution is -0.135. The first-order chi connectivity index (χ1) is 23.7. The quantitative estimate of drug-likeness (QED) is 0.177. The Morgan fingerprint density at radius 3 is 2.46 bits per heavy atom. The minimum atomic E-state index is -4.10. The summed E-state index contributed by atoms with van der Waals surface area (Å²) in [4.78, 5) is 34.8. The predicted molar refractivity (Wildman–Crippen MR) is 190 cm³/mol. The van der Waals surface area contributed by atoms with Gasteiger partial charge in [0.05, 0.1) is 34.6 Å². The average Bonchev–Trinajstić information content (AvgIpc) is 3.68. The number of benzene rings is 3. The molecule has 0 bridgehead atoms. The van der Waals surface area contributed by atoms with Gasteiger partial charge in [-0.1, -0.05) is 61.5 Å². The van der Waals surface area contributed by atoms with E-state index in [2.05, 4.69) is 9.88 Å². The van der Waals surface area contributed by atoms with Crippen molar-refractivity contribution >= 4 is 38.7 Å². The fourth-order valence-electron chi connectivity index (χ4n) is 6.31. The summed E-state index contributed by atoms with van der Waals surface area (Å²) >= 11 is 0. The minimum absolute atomic E-state index is 0.0411. The number of likely N-dealkylation sites (tertiary alicyclic amines) is 1. The number of imidazole rings is 1. The Balaban J connectivity index is 1.48. The molecule has 12 nitrogen and oxygen atoms in total. The minimum Gasteiger partial charge on any atom is -0.465 e. The van der Waals surface area contributed by atoms with Crippen LogP contribution in [0.1, 0.15) is 60.0 Å². The van der Waals surface area contributed by atoms with Gasteiger partial charge < -0.3 is 19.1 Å². The summed E-state index contributed by atoms with van der Waals surface area (Å²) in [5, 5.41) is 3.90. The van der Waals surface area contributed by atoms with Crippen LogP contribution in [-0.4, -0.2) is 72.0 Å². The Hall–Kier alpha value is -5.17. The van der Waals surface area contributed by atoms with Crippen molar-refractivity contribution in [1.29, 1.82) is 0 Å². The molecule has 2 aromatic heterocycles. The number of para-hydroxylation sites is 1. The number of nitrogens with one attached hydrogen (secondary N) is 1. The van der Waals surface area contributed by atoms with E-state index in [0.717, 1.165) is 11.1 Å². The highest BCUT2D eigenvalue weighted by Crippen LogP contribution is 2.37. The molecule has 262 valence electrons. The monoisotopic (exact) mass is 698 g/mol. The molecule has 0 unspecified atom stereocenters. The van der Waals surface area contributed by atoms with Crippen molar-refractivity contribution in [3.05, 3.63) is 88.7 Å². The van der Waals surface area contributed by atoms with Gasteiger partial charge in [-0.15, -0.1) is 0 Å². The summed E-state index contributed by atoms with van der Waals surface area (Å²) in [6.45, 7) is 10.8. The van der Waals surface area contributed by atoms with E-state index in [1.807, 2.05) is 54.5 Å². The number of nitrogens with zero attached hydrogens (tertiary/aromatic N) is 5. The van der Waals surface area contributed by atoms with Crippen LogP contribution in [0.2, 0.25) is 0 Å². The number of amides is 2. The number of carbonyl (C=O) groups excluding carboxylic acids is 2. The van der Waals surface area contributed by atoms with Crippen LogP contribution in [0.5, 0.6) is 6.01 Å². The van der Waals surface area contributed by atoms with Crippen LogP contribution in [0.3, 0.4) is 0 Å². The molecule has 5 aromatic rings. The van der Waals surface area contributed by atoms with Crippen molar-refractivity contribution in [2.75, 3.05) is 32.0 Å². The van der Waals surface area contributed by atoms with Gasteiger partial charge in [-0.05, 0) is 62.1 Å².